The zero-order chi connectivity index (χ0) is 13.1. The van der Waals surface area contributed by atoms with Gasteiger partial charge in [-0.25, -0.2) is 0 Å². The van der Waals surface area contributed by atoms with E-state index in [4.69, 9.17) is 5.11 Å². The smallest absolute Gasteiger partial charge is 0.481 e. The van der Waals surface area contributed by atoms with E-state index in [-0.39, 0.29) is 11.1 Å². The molecule has 0 spiro atoms. The number of carbonyl (C=O) groups excluding carboxylic acids is 1. The third kappa shape index (κ3) is 4.13. The number of hydrogen-bond donors (Lipinski definition) is 1. The number of aliphatic carboxylic acids is 1. The van der Waals surface area contributed by atoms with Crippen LogP contribution in [0.15, 0.2) is 18.2 Å². The second-order valence-corrected chi connectivity index (χ2v) is 3.10. The third-order valence-corrected chi connectivity index (χ3v) is 1.79. The Kier molecular flexibility index (Phi) is 3.72. The van der Waals surface area contributed by atoms with Gasteiger partial charge in [-0.1, -0.05) is 0 Å². The van der Waals surface area contributed by atoms with Crippen LogP contribution in [0.5, 0.6) is 5.75 Å². The van der Waals surface area contributed by atoms with Gasteiger partial charge in [-0.15, -0.1) is 13.2 Å². The Morgan fingerprint density at radius 1 is 1.41 bits per heavy atom. The minimum absolute atomic E-state index is 0.0794. The number of hydrogen-bond acceptors (Lipinski definition) is 3. The summed E-state index contributed by atoms with van der Waals surface area (Å²) in [4.78, 5) is 20.9. The molecule has 0 heterocycles. The summed E-state index contributed by atoms with van der Waals surface area (Å²) in [5, 5.41) is 8.53. The molecule has 4 nitrogen and oxygen atoms in total. The van der Waals surface area contributed by atoms with Crippen LogP contribution >= 0.6 is 0 Å². The van der Waals surface area contributed by atoms with E-state index in [1.165, 1.54) is 0 Å². The van der Waals surface area contributed by atoms with Crippen molar-refractivity contribution >= 4 is 12.3 Å². The molecule has 1 aromatic rings. The molecule has 0 aliphatic heterocycles. The van der Waals surface area contributed by atoms with E-state index in [2.05, 4.69) is 4.74 Å². The first-order valence-electron chi connectivity index (χ1n) is 4.37. The fourth-order valence-electron chi connectivity index (χ4n) is 1.20. The number of aldehydes is 1. The lowest BCUT2D eigenvalue weighted by molar-refractivity contribution is -0.274. The first kappa shape index (κ1) is 13.0. The second kappa shape index (κ2) is 4.86. The lowest BCUT2D eigenvalue weighted by Crippen LogP contribution is -2.18. The largest absolute Gasteiger partial charge is 0.573 e. The predicted octanol–water partition coefficient (Wildman–Crippen LogP) is 2.02. The van der Waals surface area contributed by atoms with Gasteiger partial charge in [-0.2, -0.15) is 0 Å². The van der Waals surface area contributed by atoms with E-state index in [0.29, 0.717) is 6.29 Å². The Morgan fingerprint density at radius 2 is 2.06 bits per heavy atom. The number of rotatable bonds is 4. The molecule has 1 aromatic carbocycles. The number of ether oxygens (including phenoxy) is 1. The molecule has 0 unspecified atom stereocenters. The van der Waals surface area contributed by atoms with Crippen LogP contribution in [0.25, 0.3) is 0 Å². The summed E-state index contributed by atoms with van der Waals surface area (Å²) in [6.45, 7) is 0. The lowest BCUT2D eigenvalue weighted by atomic mass is 10.1. The van der Waals surface area contributed by atoms with Crippen molar-refractivity contribution < 1.29 is 32.6 Å². The molecule has 0 atom stereocenters. The summed E-state index contributed by atoms with van der Waals surface area (Å²) in [6.07, 6.45) is -5.16. The Labute approximate surface area is 93.6 Å². The molecular weight excluding hydrogens is 241 g/mol. The van der Waals surface area contributed by atoms with Gasteiger partial charge in [0.25, 0.3) is 0 Å². The second-order valence-electron chi connectivity index (χ2n) is 3.10. The maximum Gasteiger partial charge on any atom is 0.573 e. The van der Waals surface area contributed by atoms with E-state index in [0.717, 1.165) is 18.2 Å². The highest BCUT2D eigenvalue weighted by atomic mass is 19.4. The summed E-state index contributed by atoms with van der Waals surface area (Å²) in [5.41, 5.74) is -0.129. The molecule has 0 fully saturated rings. The number of alkyl halides is 3. The van der Waals surface area contributed by atoms with Gasteiger partial charge in [-0.05, 0) is 18.2 Å². The van der Waals surface area contributed by atoms with Gasteiger partial charge in [0, 0.05) is 11.1 Å². The maximum absolute atomic E-state index is 12.0. The molecular formula is C10H7F3O4. The minimum atomic E-state index is -4.91. The molecule has 0 radical (unpaired) electrons. The SMILES string of the molecule is O=Cc1ccc(OC(F)(F)F)c(CC(=O)O)c1. The van der Waals surface area contributed by atoms with E-state index in [1.54, 1.807) is 0 Å². The zero-order valence-electron chi connectivity index (χ0n) is 8.32. The van der Waals surface area contributed by atoms with Gasteiger partial charge in [0.1, 0.15) is 12.0 Å². The number of carbonyl (C=O) groups is 2. The molecule has 7 heteroatoms. The summed E-state index contributed by atoms with van der Waals surface area (Å²) < 4.78 is 39.7. The van der Waals surface area contributed by atoms with Crippen molar-refractivity contribution in [3.8, 4) is 5.75 Å². The van der Waals surface area contributed by atoms with E-state index in [1.807, 2.05) is 0 Å². The van der Waals surface area contributed by atoms with Crippen LogP contribution in [-0.4, -0.2) is 23.7 Å². The van der Waals surface area contributed by atoms with Crippen molar-refractivity contribution in [3.05, 3.63) is 29.3 Å². The highest BCUT2D eigenvalue weighted by Gasteiger charge is 2.32. The average Bonchev–Trinajstić information content (AvgIpc) is 2.17. The maximum atomic E-state index is 12.0. The van der Waals surface area contributed by atoms with Crippen molar-refractivity contribution in [2.45, 2.75) is 12.8 Å². The van der Waals surface area contributed by atoms with Crippen molar-refractivity contribution in [2.24, 2.45) is 0 Å². The average molecular weight is 248 g/mol. The molecule has 0 aliphatic carbocycles. The first-order valence-corrected chi connectivity index (χ1v) is 4.37. The Morgan fingerprint density at radius 3 is 2.53 bits per heavy atom. The van der Waals surface area contributed by atoms with Crippen molar-refractivity contribution in [2.75, 3.05) is 0 Å². The van der Waals surface area contributed by atoms with Gasteiger partial charge < -0.3 is 9.84 Å². The Hall–Kier alpha value is -2.05. The molecule has 0 saturated carbocycles. The molecule has 92 valence electrons. The first-order chi connectivity index (χ1) is 7.81. The van der Waals surface area contributed by atoms with Crippen LogP contribution in [0.1, 0.15) is 15.9 Å². The standard InChI is InChI=1S/C10H7F3O4/c11-10(12,13)17-8-2-1-6(5-14)3-7(8)4-9(15)16/h1-3,5H,4H2,(H,15,16). The van der Waals surface area contributed by atoms with Gasteiger partial charge in [0.2, 0.25) is 0 Å². The van der Waals surface area contributed by atoms with E-state index >= 15 is 0 Å². The van der Waals surface area contributed by atoms with Crippen LogP contribution in [0, 0.1) is 0 Å². The summed E-state index contributed by atoms with van der Waals surface area (Å²) in [7, 11) is 0. The molecule has 0 aliphatic rings. The van der Waals surface area contributed by atoms with Crippen molar-refractivity contribution in [1.82, 2.24) is 0 Å². The Bertz CT molecular complexity index is 440. The molecule has 0 aromatic heterocycles. The number of carboxylic acid groups (broad SMARTS) is 1. The molecule has 0 bridgehead atoms. The van der Waals surface area contributed by atoms with Gasteiger partial charge >= 0.3 is 12.3 Å². The Balaban J connectivity index is 3.10. The summed E-state index contributed by atoms with van der Waals surface area (Å²) in [6, 6.07) is 3.07. The van der Waals surface area contributed by atoms with E-state index in [9.17, 15) is 22.8 Å². The van der Waals surface area contributed by atoms with Gasteiger partial charge in [0.05, 0.1) is 6.42 Å². The topological polar surface area (TPSA) is 63.6 Å². The summed E-state index contributed by atoms with van der Waals surface area (Å²) in [5.74, 6) is -1.94. The highest BCUT2D eigenvalue weighted by Crippen LogP contribution is 2.27. The van der Waals surface area contributed by atoms with E-state index < -0.39 is 24.5 Å². The fraction of sp³-hybridized carbons (Fsp3) is 0.200. The molecule has 17 heavy (non-hydrogen) atoms. The normalized spacial score (nSPS) is 11.0. The van der Waals surface area contributed by atoms with Crippen molar-refractivity contribution in [1.29, 1.82) is 0 Å². The van der Waals surface area contributed by atoms with Crippen LogP contribution in [0.2, 0.25) is 0 Å². The van der Waals surface area contributed by atoms with Crippen LogP contribution in [0.3, 0.4) is 0 Å². The number of halogens is 3. The van der Waals surface area contributed by atoms with Crippen LogP contribution in [-0.2, 0) is 11.2 Å². The summed E-state index contributed by atoms with van der Waals surface area (Å²) >= 11 is 0. The predicted molar refractivity (Wildman–Crippen MR) is 49.9 cm³/mol. The monoisotopic (exact) mass is 248 g/mol. The van der Waals surface area contributed by atoms with Gasteiger partial charge in [-0.3, -0.25) is 9.59 Å². The molecule has 1 rings (SSSR count). The van der Waals surface area contributed by atoms with Crippen LogP contribution in [0.4, 0.5) is 13.2 Å². The van der Waals surface area contributed by atoms with Gasteiger partial charge in [0.15, 0.2) is 0 Å². The van der Waals surface area contributed by atoms with Crippen LogP contribution < -0.4 is 4.74 Å². The quantitative estimate of drug-likeness (QED) is 0.828. The number of carboxylic acids is 1. The highest BCUT2D eigenvalue weighted by molar-refractivity contribution is 5.78. The molecule has 0 saturated heterocycles. The van der Waals surface area contributed by atoms with Crippen molar-refractivity contribution in [3.63, 3.8) is 0 Å². The third-order valence-electron chi connectivity index (χ3n) is 1.79. The molecule has 0 amide bonds. The molecule has 1 N–H and O–H groups in total. The zero-order valence-corrected chi connectivity index (χ0v) is 8.32. The lowest BCUT2D eigenvalue weighted by Gasteiger charge is -2.12. The minimum Gasteiger partial charge on any atom is -0.481 e. The number of benzene rings is 1. The fourth-order valence-corrected chi connectivity index (χ4v) is 1.20.